The Hall–Kier alpha value is -3.94. The minimum absolute atomic E-state index is 0.0235. The van der Waals surface area contributed by atoms with Crippen LogP contribution < -0.4 is 10.2 Å². The van der Waals surface area contributed by atoms with Crippen molar-refractivity contribution >= 4 is 17.8 Å². The highest BCUT2D eigenvalue weighted by Gasteiger charge is 2.12. The summed E-state index contributed by atoms with van der Waals surface area (Å²) in [6, 6.07) is 13.7. The number of aryl methyl sites for hydroxylation is 3. The third-order valence-electron chi connectivity index (χ3n) is 4.38. The Morgan fingerprint density at radius 2 is 1.93 bits per heavy atom. The van der Waals surface area contributed by atoms with Crippen LogP contribution in [0.4, 0.5) is 5.69 Å². The predicted octanol–water partition coefficient (Wildman–Crippen LogP) is 4.31. The fourth-order valence-electron chi connectivity index (χ4n) is 2.91. The van der Waals surface area contributed by atoms with Gasteiger partial charge in [0.25, 0.3) is 11.6 Å². The summed E-state index contributed by atoms with van der Waals surface area (Å²) in [5.74, 6) is 1.23. The molecule has 0 bridgehead atoms. The first-order valence-corrected chi connectivity index (χ1v) is 9.20. The number of furan rings is 1. The molecule has 0 spiro atoms. The lowest BCUT2D eigenvalue weighted by molar-refractivity contribution is -0.384. The number of nitrogens with zero attached hydrogens (tertiary/aromatic N) is 2. The first-order chi connectivity index (χ1) is 14.3. The van der Waals surface area contributed by atoms with E-state index < -0.39 is 10.8 Å². The van der Waals surface area contributed by atoms with Crippen molar-refractivity contribution in [2.24, 2.45) is 5.10 Å². The summed E-state index contributed by atoms with van der Waals surface area (Å²) in [6.07, 6.45) is 1.37. The maximum Gasteiger partial charge on any atom is 0.277 e. The summed E-state index contributed by atoms with van der Waals surface area (Å²) in [6.45, 7) is 5.52. The Bertz CT molecular complexity index is 1120. The summed E-state index contributed by atoms with van der Waals surface area (Å²) in [5, 5.41) is 14.7. The smallest absolute Gasteiger partial charge is 0.277 e. The minimum Gasteiger partial charge on any atom is -0.483 e. The highest BCUT2D eigenvalue weighted by Crippen LogP contribution is 2.28. The van der Waals surface area contributed by atoms with Crippen molar-refractivity contribution in [2.45, 2.75) is 20.8 Å². The topological polar surface area (TPSA) is 107 Å². The molecule has 0 saturated carbocycles. The fourth-order valence-corrected chi connectivity index (χ4v) is 2.91. The molecule has 1 amide bonds. The SMILES string of the molecule is Cc1ccc(OCC(=O)N/N=C/c2ccc(-c3ccc([N+](=O)[O-])cc3C)o2)c(C)c1. The fraction of sp³-hybridized carbons (Fsp3) is 0.182. The van der Waals surface area contributed by atoms with Gasteiger partial charge in [0.1, 0.15) is 17.3 Å². The summed E-state index contributed by atoms with van der Waals surface area (Å²) >= 11 is 0. The average Bonchev–Trinajstić information content (AvgIpc) is 3.15. The molecule has 2 aromatic carbocycles. The van der Waals surface area contributed by atoms with E-state index in [1.807, 2.05) is 32.0 Å². The largest absolute Gasteiger partial charge is 0.483 e. The van der Waals surface area contributed by atoms with E-state index in [1.54, 1.807) is 25.1 Å². The predicted molar refractivity (Wildman–Crippen MR) is 113 cm³/mol. The van der Waals surface area contributed by atoms with Crippen molar-refractivity contribution in [2.75, 3.05) is 6.61 Å². The number of benzene rings is 2. The number of amides is 1. The van der Waals surface area contributed by atoms with Gasteiger partial charge in [-0.2, -0.15) is 5.10 Å². The van der Waals surface area contributed by atoms with Crippen LogP contribution in [0.1, 0.15) is 22.5 Å². The van der Waals surface area contributed by atoms with E-state index in [4.69, 9.17) is 9.15 Å². The lowest BCUT2D eigenvalue weighted by Crippen LogP contribution is -2.24. The van der Waals surface area contributed by atoms with Crippen molar-refractivity contribution in [3.8, 4) is 17.1 Å². The Kier molecular flexibility index (Phi) is 6.26. The van der Waals surface area contributed by atoms with Gasteiger partial charge in [0.05, 0.1) is 11.1 Å². The Morgan fingerprint density at radius 3 is 2.63 bits per heavy atom. The van der Waals surface area contributed by atoms with E-state index >= 15 is 0 Å². The van der Waals surface area contributed by atoms with E-state index in [1.165, 1.54) is 18.3 Å². The molecule has 0 atom stereocenters. The molecule has 154 valence electrons. The molecule has 30 heavy (non-hydrogen) atoms. The zero-order chi connectivity index (χ0) is 21.7. The normalized spacial score (nSPS) is 10.9. The van der Waals surface area contributed by atoms with Crippen LogP contribution in [0.15, 0.2) is 58.0 Å². The van der Waals surface area contributed by atoms with Gasteiger partial charge in [-0.1, -0.05) is 17.7 Å². The van der Waals surface area contributed by atoms with Crippen LogP contribution in [0.2, 0.25) is 0 Å². The minimum atomic E-state index is -0.441. The number of rotatable bonds is 7. The summed E-state index contributed by atoms with van der Waals surface area (Å²) in [5.41, 5.74) is 5.95. The van der Waals surface area contributed by atoms with Gasteiger partial charge >= 0.3 is 0 Å². The van der Waals surface area contributed by atoms with E-state index in [-0.39, 0.29) is 12.3 Å². The first-order valence-electron chi connectivity index (χ1n) is 9.20. The number of hydrogen-bond acceptors (Lipinski definition) is 6. The second kappa shape index (κ2) is 9.04. The van der Waals surface area contributed by atoms with Gasteiger partial charge in [0.15, 0.2) is 6.61 Å². The number of carbonyl (C=O) groups excluding carboxylic acids is 1. The zero-order valence-electron chi connectivity index (χ0n) is 16.8. The van der Waals surface area contributed by atoms with Crippen molar-refractivity contribution in [1.29, 1.82) is 0 Å². The summed E-state index contributed by atoms with van der Waals surface area (Å²) < 4.78 is 11.2. The van der Waals surface area contributed by atoms with Crippen molar-refractivity contribution in [3.63, 3.8) is 0 Å². The van der Waals surface area contributed by atoms with Gasteiger partial charge in [-0.3, -0.25) is 14.9 Å². The van der Waals surface area contributed by atoms with Gasteiger partial charge in [0.2, 0.25) is 0 Å². The highest BCUT2D eigenvalue weighted by molar-refractivity contribution is 5.82. The van der Waals surface area contributed by atoms with Gasteiger partial charge in [-0.05, 0) is 56.2 Å². The lowest BCUT2D eigenvalue weighted by atomic mass is 10.1. The number of non-ortho nitro benzene ring substituents is 1. The molecule has 0 aliphatic rings. The lowest BCUT2D eigenvalue weighted by Gasteiger charge is -2.08. The summed E-state index contributed by atoms with van der Waals surface area (Å²) in [7, 11) is 0. The molecular formula is C22H21N3O5. The molecule has 0 aliphatic carbocycles. The molecule has 3 rings (SSSR count). The molecule has 1 heterocycles. The molecule has 0 unspecified atom stereocenters. The summed E-state index contributed by atoms with van der Waals surface area (Å²) in [4.78, 5) is 22.3. The van der Waals surface area contributed by atoms with E-state index in [0.29, 0.717) is 17.3 Å². The average molecular weight is 407 g/mol. The molecule has 0 radical (unpaired) electrons. The zero-order valence-corrected chi connectivity index (χ0v) is 16.8. The van der Waals surface area contributed by atoms with Crippen molar-refractivity contribution in [3.05, 3.63) is 81.1 Å². The third kappa shape index (κ3) is 5.11. The van der Waals surface area contributed by atoms with Gasteiger partial charge in [-0.15, -0.1) is 0 Å². The molecule has 1 aromatic heterocycles. The van der Waals surface area contributed by atoms with E-state index in [0.717, 1.165) is 22.3 Å². The molecule has 0 aliphatic heterocycles. The number of nitrogens with one attached hydrogen (secondary N) is 1. The second-order valence-corrected chi connectivity index (χ2v) is 6.81. The monoisotopic (exact) mass is 407 g/mol. The molecule has 0 saturated heterocycles. The van der Waals surface area contributed by atoms with Crippen LogP contribution in [-0.2, 0) is 4.79 Å². The standard InChI is InChI=1S/C22H21N3O5/c1-14-4-8-20(16(3)10-14)29-13-22(26)24-23-12-18-6-9-21(30-18)19-7-5-17(25(27)28)11-15(19)2/h4-12H,13H2,1-3H3,(H,24,26)/b23-12+. The van der Waals surface area contributed by atoms with Crippen molar-refractivity contribution in [1.82, 2.24) is 5.43 Å². The molecule has 8 nitrogen and oxygen atoms in total. The molecule has 0 fully saturated rings. The van der Waals surface area contributed by atoms with Crippen LogP contribution in [0.25, 0.3) is 11.3 Å². The maximum absolute atomic E-state index is 11.9. The van der Waals surface area contributed by atoms with E-state index in [2.05, 4.69) is 10.5 Å². The number of hydrazone groups is 1. The van der Waals surface area contributed by atoms with Crippen LogP contribution in [0.5, 0.6) is 5.75 Å². The van der Waals surface area contributed by atoms with Crippen LogP contribution >= 0.6 is 0 Å². The Morgan fingerprint density at radius 1 is 1.13 bits per heavy atom. The third-order valence-corrected chi connectivity index (χ3v) is 4.38. The van der Waals surface area contributed by atoms with Gasteiger partial charge in [-0.25, -0.2) is 5.43 Å². The number of ether oxygens (including phenoxy) is 1. The van der Waals surface area contributed by atoms with Crippen LogP contribution in [0.3, 0.4) is 0 Å². The van der Waals surface area contributed by atoms with Gasteiger partial charge < -0.3 is 9.15 Å². The number of nitro benzene ring substituents is 1. The molecule has 8 heteroatoms. The van der Waals surface area contributed by atoms with Crippen LogP contribution in [0, 0.1) is 30.9 Å². The maximum atomic E-state index is 11.9. The Balaban J connectivity index is 1.56. The van der Waals surface area contributed by atoms with Gasteiger partial charge in [0, 0.05) is 17.7 Å². The molecule has 3 aromatic rings. The first kappa shape index (κ1) is 20.8. The highest BCUT2D eigenvalue weighted by atomic mass is 16.6. The van der Waals surface area contributed by atoms with Crippen LogP contribution in [-0.4, -0.2) is 23.7 Å². The van der Waals surface area contributed by atoms with E-state index in [9.17, 15) is 14.9 Å². The number of carbonyl (C=O) groups is 1. The second-order valence-electron chi connectivity index (χ2n) is 6.81. The quantitative estimate of drug-likeness (QED) is 0.357. The molecular weight excluding hydrogens is 386 g/mol. The van der Waals surface area contributed by atoms with Crippen molar-refractivity contribution < 1.29 is 18.9 Å². The molecule has 1 N–H and O–H groups in total. The number of hydrogen-bond donors (Lipinski definition) is 1. The number of nitro groups is 1. The Labute approximate surface area is 173 Å².